The number of amides is 3. The number of nitrogens with one attached hydrogen (secondary N) is 1. The van der Waals surface area contributed by atoms with Crippen LogP contribution in [0.4, 0.5) is 10.5 Å². The fourth-order valence-electron chi connectivity index (χ4n) is 3.21. The van der Waals surface area contributed by atoms with E-state index >= 15 is 0 Å². The number of benzene rings is 2. The van der Waals surface area contributed by atoms with Crippen LogP contribution >= 0.6 is 11.6 Å². The van der Waals surface area contributed by atoms with E-state index in [-0.39, 0.29) is 12.2 Å². The number of anilines is 1. The summed E-state index contributed by atoms with van der Waals surface area (Å²) >= 11 is 5.96. The first-order valence-corrected chi connectivity index (χ1v) is 8.74. The normalized spacial score (nSPS) is 15.5. The number of carboxylic acid groups (broad SMARTS) is 1. The Hall–Kier alpha value is -3.58. The molecule has 8 heteroatoms. The van der Waals surface area contributed by atoms with E-state index in [0.717, 1.165) is 15.8 Å². The molecule has 0 radical (unpaired) electrons. The van der Waals surface area contributed by atoms with Crippen molar-refractivity contribution in [3.63, 3.8) is 0 Å². The second-order valence-electron chi connectivity index (χ2n) is 6.23. The summed E-state index contributed by atoms with van der Waals surface area (Å²) in [5, 5.41) is 12.9. The molecule has 4 rings (SSSR count). The third-order valence-corrected chi connectivity index (χ3v) is 4.60. The number of nitrogens with zero attached hydrogens (tertiary/aromatic N) is 2. The molecule has 3 amide bonds. The quantitative estimate of drug-likeness (QED) is 0.522. The molecule has 28 heavy (non-hydrogen) atoms. The van der Waals surface area contributed by atoms with Crippen molar-refractivity contribution in [3.8, 4) is 0 Å². The fourth-order valence-corrected chi connectivity index (χ4v) is 3.39. The summed E-state index contributed by atoms with van der Waals surface area (Å²) in [6.45, 7) is -0.210. The smallest absolute Gasteiger partial charge is 0.333 e. The molecule has 1 aliphatic rings. The van der Waals surface area contributed by atoms with Crippen LogP contribution in [0.5, 0.6) is 0 Å². The van der Waals surface area contributed by atoms with Crippen molar-refractivity contribution in [2.45, 2.75) is 6.54 Å². The van der Waals surface area contributed by atoms with Crippen molar-refractivity contribution in [2.75, 3.05) is 4.90 Å². The van der Waals surface area contributed by atoms with Crippen LogP contribution in [0.15, 0.2) is 60.4 Å². The second kappa shape index (κ2) is 6.86. The Kier molecular flexibility index (Phi) is 4.37. The van der Waals surface area contributed by atoms with Crippen molar-refractivity contribution in [1.82, 2.24) is 9.88 Å². The van der Waals surface area contributed by atoms with Crippen LogP contribution in [0.1, 0.15) is 5.56 Å². The SMILES string of the molecule is O=C(O)Cn1cc(/C=C2/NC(=O)N(c3cccc(Cl)c3)C2=O)c2ccccc21. The van der Waals surface area contributed by atoms with Crippen molar-refractivity contribution in [3.05, 3.63) is 71.0 Å². The monoisotopic (exact) mass is 395 g/mol. The minimum Gasteiger partial charge on any atom is -0.480 e. The molecule has 0 aliphatic carbocycles. The summed E-state index contributed by atoms with van der Waals surface area (Å²) in [4.78, 5) is 37.3. The molecule has 0 spiro atoms. The average Bonchev–Trinajstić information content (AvgIpc) is 3.12. The largest absolute Gasteiger partial charge is 0.480 e. The first-order chi connectivity index (χ1) is 13.4. The number of carbonyl (C=O) groups excluding carboxylic acids is 2. The number of hydrogen-bond acceptors (Lipinski definition) is 3. The summed E-state index contributed by atoms with van der Waals surface area (Å²) in [5.74, 6) is -1.49. The van der Waals surface area contributed by atoms with Crippen LogP contribution in [-0.4, -0.2) is 27.6 Å². The first-order valence-electron chi connectivity index (χ1n) is 8.36. The molecule has 0 saturated carbocycles. The number of carboxylic acids is 1. The predicted octanol–water partition coefficient (Wildman–Crippen LogP) is 3.48. The first kappa shape index (κ1) is 17.8. The molecule has 1 fully saturated rings. The van der Waals surface area contributed by atoms with Gasteiger partial charge in [0.1, 0.15) is 12.2 Å². The Bertz CT molecular complexity index is 1170. The van der Waals surface area contributed by atoms with E-state index in [1.807, 2.05) is 12.1 Å². The van der Waals surface area contributed by atoms with E-state index in [1.54, 1.807) is 47.2 Å². The van der Waals surface area contributed by atoms with Gasteiger partial charge in [0, 0.05) is 27.7 Å². The van der Waals surface area contributed by atoms with Gasteiger partial charge in [-0.2, -0.15) is 0 Å². The van der Waals surface area contributed by atoms with Crippen LogP contribution in [0.3, 0.4) is 0 Å². The van der Waals surface area contributed by atoms with Gasteiger partial charge in [-0.1, -0.05) is 35.9 Å². The average molecular weight is 396 g/mol. The number of para-hydroxylation sites is 1. The Morgan fingerprint density at radius 1 is 1.14 bits per heavy atom. The lowest BCUT2D eigenvalue weighted by Gasteiger charge is -2.11. The number of aromatic nitrogens is 1. The highest BCUT2D eigenvalue weighted by atomic mass is 35.5. The molecule has 3 aromatic rings. The van der Waals surface area contributed by atoms with Gasteiger partial charge in [-0.15, -0.1) is 0 Å². The number of imide groups is 1. The van der Waals surface area contributed by atoms with Gasteiger partial charge < -0.3 is 15.0 Å². The third-order valence-electron chi connectivity index (χ3n) is 4.37. The summed E-state index contributed by atoms with van der Waals surface area (Å²) in [6, 6.07) is 13.1. The standard InChI is InChI=1S/C20H14ClN3O4/c21-13-4-3-5-14(9-13)24-19(27)16(22-20(24)28)8-12-10-23(11-18(25)26)17-7-2-1-6-15(12)17/h1-10H,11H2,(H,22,28)(H,25,26)/b16-8+. The van der Waals surface area contributed by atoms with Crippen molar-refractivity contribution in [1.29, 1.82) is 0 Å². The molecule has 2 heterocycles. The van der Waals surface area contributed by atoms with Crippen LogP contribution in [-0.2, 0) is 16.1 Å². The number of rotatable bonds is 4. The molecule has 1 saturated heterocycles. The lowest BCUT2D eigenvalue weighted by molar-refractivity contribution is -0.137. The summed E-state index contributed by atoms with van der Waals surface area (Å²) in [5.41, 5.74) is 1.82. The second-order valence-corrected chi connectivity index (χ2v) is 6.67. The molecule has 2 N–H and O–H groups in total. The van der Waals surface area contributed by atoms with Gasteiger partial charge >= 0.3 is 12.0 Å². The van der Waals surface area contributed by atoms with Gasteiger partial charge in [-0.25, -0.2) is 9.69 Å². The van der Waals surface area contributed by atoms with Gasteiger partial charge in [0.25, 0.3) is 5.91 Å². The lowest BCUT2D eigenvalue weighted by Crippen LogP contribution is -2.30. The highest BCUT2D eigenvalue weighted by Crippen LogP contribution is 2.27. The molecular weight excluding hydrogens is 382 g/mol. The van der Waals surface area contributed by atoms with E-state index < -0.39 is 17.9 Å². The number of hydrogen-bond donors (Lipinski definition) is 2. The van der Waals surface area contributed by atoms with Crippen LogP contribution in [0, 0.1) is 0 Å². The lowest BCUT2D eigenvalue weighted by atomic mass is 10.1. The number of aliphatic carboxylic acids is 1. The number of urea groups is 1. The zero-order valence-electron chi connectivity index (χ0n) is 14.4. The highest BCUT2D eigenvalue weighted by Gasteiger charge is 2.35. The highest BCUT2D eigenvalue weighted by molar-refractivity contribution is 6.32. The molecule has 0 bridgehead atoms. The maximum absolute atomic E-state index is 12.8. The fraction of sp³-hybridized carbons (Fsp3) is 0.0500. The topological polar surface area (TPSA) is 91.6 Å². The Morgan fingerprint density at radius 2 is 1.93 bits per heavy atom. The number of fused-ring (bicyclic) bond motifs is 1. The molecule has 2 aromatic carbocycles. The van der Waals surface area contributed by atoms with Gasteiger partial charge in [0.15, 0.2) is 0 Å². The number of halogens is 1. The van der Waals surface area contributed by atoms with Crippen molar-refractivity contribution >= 4 is 52.2 Å². The zero-order valence-corrected chi connectivity index (χ0v) is 15.2. The minimum atomic E-state index is -0.975. The Balaban J connectivity index is 1.75. The summed E-state index contributed by atoms with van der Waals surface area (Å²) in [7, 11) is 0. The van der Waals surface area contributed by atoms with Gasteiger partial charge in [-0.3, -0.25) is 9.59 Å². The maximum Gasteiger partial charge on any atom is 0.333 e. The molecule has 140 valence electrons. The Labute approximate surface area is 164 Å². The van der Waals surface area contributed by atoms with E-state index in [1.165, 1.54) is 6.07 Å². The molecule has 1 aliphatic heterocycles. The molecule has 7 nitrogen and oxygen atoms in total. The van der Waals surface area contributed by atoms with Crippen LogP contribution in [0.2, 0.25) is 5.02 Å². The summed E-state index contributed by atoms with van der Waals surface area (Å²) < 4.78 is 1.58. The third kappa shape index (κ3) is 3.12. The van der Waals surface area contributed by atoms with Gasteiger partial charge in [0.2, 0.25) is 0 Å². The molecule has 0 unspecified atom stereocenters. The molecule has 1 aromatic heterocycles. The molecular formula is C20H14ClN3O4. The van der Waals surface area contributed by atoms with Gasteiger partial charge in [0.05, 0.1) is 5.69 Å². The van der Waals surface area contributed by atoms with E-state index in [2.05, 4.69) is 5.32 Å². The van der Waals surface area contributed by atoms with Crippen LogP contribution in [0.25, 0.3) is 17.0 Å². The van der Waals surface area contributed by atoms with E-state index in [4.69, 9.17) is 16.7 Å². The minimum absolute atomic E-state index is 0.100. The zero-order chi connectivity index (χ0) is 19.8. The van der Waals surface area contributed by atoms with Crippen molar-refractivity contribution < 1.29 is 19.5 Å². The predicted molar refractivity (Wildman–Crippen MR) is 105 cm³/mol. The van der Waals surface area contributed by atoms with Crippen LogP contribution < -0.4 is 10.2 Å². The summed E-state index contributed by atoms with van der Waals surface area (Å²) in [6.07, 6.45) is 3.19. The Morgan fingerprint density at radius 3 is 2.68 bits per heavy atom. The van der Waals surface area contributed by atoms with Gasteiger partial charge in [-0.05, 0) is 30.3 Å². The number of carbonyl (C=O) groups is 3. The van der Waals surface area contributed by atoms with E-state index in [9.17, 15) is 14.4 Å². The molecule has 0 atom stereocenters. The van der Waals surface area contributed by atoms with E-state index in [0.29, 0.717) is 16.3 Å². The van der Waals surface area contributed by atoms with Crippen molar-refractivity contribution in [2.24, 2.45) is 0 Å². The maximum atomic E-state index is 12.8.